The van der Waals surface area contributed by atoms with Gasteiger partial charge < -0.3 is 96.8 Å². The summed E-state index contributed by atoms with van der Waals surface area (Å²) in [4.78, 5) is 102. The molecule has 41 nitrogen and oxygen atoms in total. The van der Waals surface area contributed by atoms with E-state index in [1.54, 1.807) is 82.3 Å². The van der Waals surface area contributed by atoms with Gasteiger partial charge in [-0.1, -0.05) is 91.0 Å². The maximum atomic E-state index is 13.8. The molecule has 0 saturated heterocycles. The fourth-order valence-electron chi connectivity index (χ4n) is 15.5. The molecule has 0 bridgehead atoms. The SMILES string of the molecule is Cc1ccc(Nc2ccc(Nc3ccc(C)cc3S(=O)(=O)[O-])c3c2C(=O)c2c(O)ccc(O)c2C3=O)c(S(=O)(=O)[O-])c1.Cc1ccc(Nc2cccc3c2C(=O)c2cccc(Nc4ccc(C)cc4S(=O)(=O)[O-])c2C3=O)c(S(=O)(=O)[O-])c1.Nc1c(S(=O)(=O)[O-])cc(Nc2ccccc2)c2c1C(=O)c1ccccc1C2=O.Nc1cc(SOO[O-])c(O)c2c1C(=O)c1c(O)c(S(=O)(=O)[O-])cc(N)c1C2=O.[Na+].[Na+].[Na+].[Na+].[Na+].[Na+].[Na+]. The Labute approximate surface area is 984 Å². The van der Waals surface area contributed by atoms with Gasteiger partial charge in [0.1, 0.15) is 83.7 Å². The zero-order chi connectivity index (χ0) is 101. The Morgan fingerprint density at radius 1 is 0.269 bits per heavy atom. The number of hydrogen-bond donors (Lipinski definition) is 12. The Bertz CT molecular complexity index is 8100. The number of anilines is 13. The predicted octanol–water partition coefficient (Wildman–Crippen LogP) is -10.9. The normalized spacial score (nSPS) is 12.4. The Hall–Kier alpha value is -8.49. The zero-order valence-corrected chi connectivity index (χ0v) is 97.1. The van der Waals surface area contributed by atoms with Gasteiger partial charge in [-0.2, -0.15) is 4.33 Å². The summed E-state index contributed by atoms with van der Waals surface area (Å²) in [6.45, 7) is 6.38. The molecule has 13 aromatic carbocycles. The van der Waals surface area contributed by atoms with E-state index in [1.807, 2.05) is 0 Å². The molecule has 4 aliphatic rings. The summed E-state index contributed by atoms with van der Waals surface area (Å²) in [5, 5.41) is 68.5. The molecule has 0 atom stereocenters. The van der Waals surface area contributed by atoms with E-state index in [9.17, 15) is 142 Å². The van der Waals surface area contributed by atoms with E-state index >= 15 is 0 Å². The van der Waals surface area contributed by atoms with Crippen molar-refractivity contribution in [2.24, 2.45) is 0 Å². The number of carbonyl (C=O) groups excluding carboxylic acids is 8. The van der Waals surface area contributed by atoms with Crippen molar-refractivity contribution in [2.75, 3.05) is 43.8 Å². The van der Waals surface area contributed by atoms with E-state index in [0.29, 0.717) is 34.0 Å². The smallest absolute Gasteiger partial charge is 0.744 e. The van der Waals surface area contributed by atoms with Crippen LogP contribution in [0.25, 0.3) is 0 Å². The van der Waals surface area contributed by atoms with Crippen molar-refractivity contribution in [1.82, 2.24) is 0 Å². The molecule has 0 aliphatic heterocycles. The molecule has 0 saturated carbocycles. The van der Waals surface area contributed by atoms with Crippen LogP contribution in [0.3, 0.4) is 0 Å². The van der Waals surface area contributed by atoms with E-state index in [0.717, 1.165) is 36.4 Å². The molecule has 0 heterocycles. The Balaban J connectivity index is 0.000000262. The van der Waals surface area contributed by atoms with Gasteiger partial charge in [0.25, 0.3) is 0 Å². The Kier molecular flexibility index (Phi) is 41.0. The first-order chi connectivity index (χ1) is 64.6. The van der Waals surface area contributed by atoms with Crippen LogP contribution in [0.2, 0.25) is 0 Å². The molecule has 0 unspecified atom stereocenters. The number of hydrogen-bond acceptors (Lipinski definition) is 42. The maximum absolute atomic E-state index is 13.8. The van der Waals surface area contributed by atoms with E-state index in [-0.39, 0.29) is 336 Å². The van der Waals surface area contributed by atoms with Crippen LogP contribution >= 0.6 is 12.0 Å². The summed E-state index contributed by atoms with van der Waals surface area (Å²) >= 11 is 0.202. The molecule has 145 heavy (non-hydrogen) atoms. The molecule has 0 spiro atoms. The Morgan fingerprint density at radius 2 is 0.566 bits per heavy atom. The van der Waals surface area contributed by atoms with Crippen molar-refractivity contribution in [1.29, 1.82) is 0 Å². The molecule has 13 aromatic rings. The van der Waals surface area contributed by atoms with Crippen LogP contribution in [-0.2, 0) is 70.1 Å². The molecule has 15 N–H and O–H groups in total. The number of rotatable bonds is 19. The predicted molar refractivity (Wildman–Crippen MR) is 482 cm³/mol. The van der Waals surface area contributed by atoms with Gasteiger partial charge in [-0.3, -0.25) is 43.4 Å². The second-order valence-electron chi connectivity index (χ2n) is 30.5. The fourth-order valence-corrected chi connectivity index (χ4v) is 20.0. The van der Waals surface area contributed by atoms with Gasteiger partial charge in [-0.15, -0.1) is 0 Å². The summed E-state index contributed by atoms with van der Waals surface area (Å²) in [5.41, 5.74) is 13.3. The summed E-state index contributed by atoms with van der Waals surface area (Å²) in [7, 11) is -29.9. The van der Waals surface area contributed by atoms with Crippen LogP contribution in [0, 0.1) is 27.7 Å². The first-order valence-corrected chi connectivity index (χ1v) is 48.2. The summed E-state index contributed by atoms with van der Waals surface area (Å²) in [6.07, 6.45) is 0. The molecule has 4 aliphatic carbocycles. The number of aromatic hydroxyl groups is 4. The third-order valence-electron chi connectivity index (χ3n) is 21.5. The second kappa shape index (κ2) is 48.2. The van der Waals surface area contributed by atoms with E-state index in [1.165, 1.54) is 109 Å². The molecule has 0 aromatic heterocycles. The molecular formula is C90H61N8Na7O33S7. The minimum Gasteiger partial charge on any atom is -0.744 e. The average Bonchev–Trinajstić information content (AvgIpc) is 0.720. The van der Waals surface area contributed by atoms with Crippen LogP contribution in [-0.4, -0.2) is 145 Å². The molecule has 708 valence electrons. The first-order valence-electron chi connectivity index (χ1n) is 39.1. The van der Waals surface area contributed by atoms with Crippen molar-refractivity contribution >= 4 is 193 Å². The molecular weight excluding hydrogens is 2110 g/mol. The molecule has 0 fully saturated rings. The topological polar surface area (TPSA) is 740 Å². The quantitative estimate of drug-likeness (QED) is 0.00680. The number of fused-ring (bicyclic) bond motifs is 8. The van der Waals surface area contributed by atoms with Crippen molar-refractivity contribution in [3.8, 4) is 23.0 Å². The number of ketones is 8. The van der Waals surface area contributed by atoms with Crippen molar-refractivity contribution < 1.29 is 358 Å². The minimum absolute atomic E-state index is 0. The van der Waals surface area contributed by atoms with Crippen LogP contribution in [0.15, 0.2) is 241 Å². The van der Waals surface area contributed by atoms with Gasteiger partial charge >= 0.3 is 207 Å². The van der Waals surface area contributed by atoms with Gasteiger partial charge in [0.05, 0.1) is 170 Å². The van der Waals surface area contributed by atoms with Gasteiger partial charge in [0.2, 0.25) is 23.1 Å². The van der Waals surface area contributed by atoms with E-state index < -0.39 is 204 Å². The number of benzene rings is 13. The van der Waals surface area contributed by atoms with E-state index in [4.69, 9.17) is 17.2 Å². The summed E-state index contributed by atoms with van der Waals surface area (Å²) in [5.74, 6) is -9.62. The summed E-state index contributed by atoms with van der Waals surface area (Å²) < 4.78 is 216. The van der Waals surface area contributed by atoms with Crippen LogP contribution in [0.1, 0.15) is 150 Å². The first kappa shape index (κ1) is 123. The van der Waals surface area contributed by atoms with Crippen LogP contribution in [0.5, 0.6) is 23.0 Å². The van der Waals surface area contributed by atoms with Crippen LogP contribution < -0.4 is 256 Å². The van der Waals surface area contributed by atoms with Gasteiger partial charge in [0, 0.05) is 39.3 Å². The number of nitrogens with one attached hydrogen (secondary N) is 5. The molecule has 17 rings (SSSR count). The number of nitrogen functional groups attached to an aromatic ring is 3. The van der Waals surface area contributed by atoms with Crippen molar-refractivity contribution in [3.63, 3.8) is 0 Å². The number of aryl methyl sites for hydroxylation is 4. The number of carbonyl (C=O) groups is 8. The fraction of sp³-hybridized carbons (Fsp3) is 0.0444. The molecule has 0 radical (unpaired) electrons. The van der Waals surface area contributed by atoms with Gasteiger partial charge in [0.15, 0.2) is 23.1 Å². The van der Waals surface area contributed by atoms with Gasteiger partial charge in [-0.25, -0.2) is 50.5 Å². The molecule has 0 amide bonds. The van der Waals surface area contributed by atoms with Crippen molar-refractivity contribution in [3.05, 3.63) is 318 Å². The third-order valence-corrected chi connectivity index (χ3v) is 27.3. The Morgan fingerprint density at radius 3 is 0.917 bits per heavy atom. The standard InChI is InChI=1S/C28H22N2O10S2.C28H22N2O8S2.C20H14N2O5S.C14H10N2O10S2.7Na/c1-13-3-5-15(21(11-13)41(35,36)37)29-17-7-8-18(30-16-6-4-14(2)12-22(16)42(38,39)40)24-23(17)27(33)25-19(31)9-10-20(32)26(25)28(24)34;1-15-9-11-19(23(13-15)39(33,34)35)29-21-7-3-5-17-25(21)27(31)18-6-4-8-22(26(18)28(17)32)30-20-12-10-16(2)14-24(20)40(36,37)38;21-18-15(28(25,26)27)10-14(22-11-6-2-1-3-7-11)16-17(18)20(24)13-9-5-4-8-12(13)19(16)23;15-3-1-5(27-26-25-21)11(17)9-7(3)14(20)10-8(13(9)19)4(16)2-6(12(10)18)28(22,23)24;;;;;;;/h3-12,29-32H,1-2H3,(H,35,36,37)(H,38,39,40);3-14,29-30H,1-2H3,(H,33,34,35)(H,36,37,38);1-10,22H,21H2,(H,25,26,27);1-2,17-18,21H,15-16H2,(H,22,23,24);;;;;;;/q;;;;7*+1/p-7. The monoisotopic (exact) mass is 2170 g/mol. The second-order valence-corrected chi connectivity index (χ2v) is 39.4. The van der Waals surface area contributed by atoms with Crippen LogP contribution in [0.4, 0.5) is 73.9 Å². The zero-order valence-electron chi connectivity index (χ0n) is 77.3. The maximum Gasteiger partial charge on any atom is 1.00 e. The molecule has 55 heteroatoms. The number of phenols is 4. The van der Waals surface area contributed by atoms with Crippen molar-refractivity contribution in [2.45, 2.75) is 62.0 Å². The minimum atomic E-state index is -5.23. The van der Waals surface area contributed by atoms with Gasteiger partial charge in [-0.05, 0) is 165 Å². The number of para-hydroxylation sites is 1. The number of phenolic OH excluding ortho intramolecular Hbond substituents is 4. The average molecular weight is 2170 g/mol. The number of nitrogens with two attached hydrogens (primary N) is 3. The third kappa shape index (κ3) is 25.4. The summed E-state index contributed by atoms with van der Waals surface area (Å²) in [6, 6.07) is 46.9. The van der Waals surface area contributed by atoms with E-state index in [2.05, 4.69) is 36.0 Å². The largest absolute Gasteiger partial charge is 1.00 e.